The topological polar surface area (TPSA) is 29.1 Å². The first-order valence-electron chi connectivity index (χ1n) is 3.21. The van der Waals surface area contributed by atoms with E-state index in [1.165, 1.54) is 0 Å². The minimum atomic E-state index is 0.0333. The molecule has 1 N–H and O–H groups in total. The molecular formula is C7H13NOS. The molecule has 2 nitrogen and oxygen atoms in total. The van der Waals surface area contributed by atoms with Crippen LogP contribution in [0.2, 0.25) is 0 Å². The number of hydrogen-bond acceptors (Lipinski definition) is 2. The summed E-state index contributed by atoms with van der Waals surface area (Å²) in [4.78, 5) is 11.6. The zero-order valence-corrected chi connectivity index (χ0v) is 7.25. The Morgan fingerprint density at radius 1 is 1.70 bits per heavy atom. The smallest absolute Gasteiger partial charge is 0.224 e. The third kappa shape index (κ3) is 4.44. The van der Waals surface area contributed by atoms with Gasteiger partial charge in [-0.1, -0.05) is 13.5 Å². The van der Waals surface area contributed by atoms with Gasteiger partial charge in [-0.25, -0.2) is 0 Å². The average Bonchev–Trinajstić information content (AvgIpc) is 1.88. The second-order valence-electron chi connectivity index (χ2n) is 1.82. The molecule has 58 valence electrons. The molecule has 0 saturated carbocycles. The summed E-state index contributed by atoms with van der Waals surface area (Å²) in [6, 6.07) is 0. The van der Waals surface area contributed by atoms with Crippen molar-refractivity contribution < 1.29 is 4.79 Å². The molecule has 0 heterocycles. The highest BCUT2D eigenvalue weighted by molar-refractivity contribution is 8.03. The maximum Gasteiger partial charge on any atom is 0.224 e. The number of carbonyl (C=O) groups is 1. The molecule has 0 bridgehead atoms. The molecule has 0 aromatic carbocycles. The van der Waals surface area contributed by atoms with Gasteiger partial charge in [-0.15, -0.1) is 11.8 Å². The Balaban J connectivity index is 3.47. The molecule has 0 fully saturated rings. The van der Waals surface area contributed by atoms with E-state index in [2.05, 4.69) is 11.9 Å². The lowest BCUT2D eigenvalue weighted by Crippen LogP contribution is -2.17. The fraction of sp³-hybridized carbons (Fsp3) is 0.571. The summed E-state index contributed by atoms with van der Waals surface area (Å²) >= 11 is 1.62. The van der Waals surface area contributed by atoms with Crippen LogP contribution in [0, 0.1) is 0 Å². The van der Waals surface area contributed by atoms with E-state index >= 15 is 0 Å². The van der Waals surface area contributed by atoms with E-state index in [4.69, 9.17) is 0 Å². The lowest BCUT2D eigenvalue weighted by molar-refractivity contribution is -0.119. The summed E-state index contributed by atoms with van der Waals surface area (Å²) in [6.07, 6.45) is 0.439. The molecule has 0 spiro atoms. The maximum atomic E-state index is 10.7. The Kier molecular flexibility index (Phi) is 5.12. The third-order valence-electron chi connectivity index (χ3n) is 0.985. The number of rotatable bonds is 4. The Labute approximate surface area is 66.1 Å². The van der Waals surface area contributed by atoms with Crippen LogP contribution in [-0.4, -0.2) is 18.7 Å². The lowest BCUT2D eigenvalue weighted by Gasteiger charge is -2.00. The minimum Gasteiger partial charge on any atom is -0.359 e. The van der Waals surface area contributed by atoms with Gasteiger partial charge in [0.05, 0.1) is 6.42 Å². The molecule has 0 aromatic rings. The van der Waals surface area contributed by atoms with E-state index in [0.717, 1.165) is 10.7 Å². The SMILES string of the molecule is C=C(CC(=O)NC)SCC. The molecule has 0 aliphatic rings. The standard InChI is InChI=1S/C7H13NOS/c1-4-10-6(2)5-7(9)8-3/h2,4-5H2,1,3H3,(H,8,9). The highest BCUT2D eigenvalue weighted by Crippen LogP contribution is 2.15. The van der Waals surface area contributed by atoms with Crippen molar-refractivity contribution in [2.45, 2.75) is 13.3 Å². The van der Waals surface area contributed by atoms with Crippen molar-refractivity contribution in [1.82, 2.24) is 5.32 Å². The van der Waals surface area contributed by atoms with Crippen LogP contribution in [0.3, 0.4) is 0 Å². The van der Waals surface area contributed by atoms with Gasteiger partial charge in [-0.2, -0.15) is 0 Å². The highest BCUT2D eigenvalue weighted by atomic mass is 32.2. The fourth-order valence-corrected chi connectivity index (χ4v) is 1.16. The van der Waals surface area contributed by atoms with E-state index in [1.54, 1.807) is 18.8 Å². The molecule has 0 rings (SSSR count). The number of hydrogen-bond donors (Lipinski definition) is 1. The first-order chi connectivity index (χ1) is 4.70. The fourth-order valence-electron chi connectivity index (χ4n) is 0.523. The third-order valence-corrected chi connectivity index (χ3v) is 1.83. The quantitative estimate of drug-likeness (QED) is 0.671. The Bertz CT molecular complexity index is 134. The van der Waals surface area contributed by atoms with Crippen molar-refractivity contribution in [3.63, 3.8) is 0 Å². The molecule has 0 radical (unpaired) electrons. The average molecular weight is 159 g/mol. The van der Waals surface area contributed by atoms with E-state index in [-0.39, 0.29) is 5.91 Å². The van der Waals surface area contributed by atoms with Crippen LogP contribution in [-0.2, 0) is 4.79 Å². The predicted octanol–water partition coefficient (Wildman–Crippen LogP) is 1.39. The van der Waals surface area contributed by atoms with Crippen LogP contribution < -0.4 is 5.32 Å². The Morgan fingerprint density at radius 2 is 2.30 bits per heavy atom. The highest BCUT2D eigenvalue weighted by Gasteiger charge is 1.99. The second kappa shape index (κ2) is 5.35. The summed E-state index contributed by atoms with van der Waals surface area (Å²) in [7, 11) is 1.63. The van der Waals surface area contributed by atoms with Gasteiger partial charge in [-0.3, -0.25) is 4.79 Å². The van der Waals surface area contributed by atoms with E-state index in [9.17, 15) is 4.79 Å². The van der Waals surface area contributed by atoms with Gasteiger partial charge in [0.25, 0.3) is 0 Å². The molecule has 0 unspecified atom stereocenters. The zero-order valence-electron chi connectivity index (χ0n) is 6.44. The monoisotopic (exact) mass is 159 g/mol. The van der Waals surface area contributed by atoms with Crippen LogP contribution in [0.5, 0.6) is 0 Å². The van der Waals surface area contributed by atoms with Crippen molar-refractivity contribution in [3.8, 4) is 0 Å². The van der Waals surface area contributed by atoms with Crippen molar-refractivity contribution >= 4 is 17.7 Å². The normalized spacial score (nSPS) is 9.00. The molecule has 1 amide bonds. The van der Waals surface area contributed by atoms with Crippen molar-refractivity contribution in [1.29, 1.82) is 0 Å². The Hall–Kier alpha value is -0.440. The molecule has 10 heavy (non-hydrogen) atoms. The maximum absolute atomic E-state index is 10.7. The van der Waals surface area contributed by atoms with Crippen LogP contribution in [0.1, 0.15) is 13.3 Å². The van der Waals surface area contributed by atoms with Crippen LogP contribution in [0.25, 0.3) is 0 Å². The number of carbonyl (C=O) groups excluding carboxylic acids is 1. The first-order valence-corrected chi connectivity index (χ1v) is 4.20. The summed E-state index contributed by atoms with van der Waals surface area (Å²) in [5.41, 5.74) is 0. The van der Waals surface area contributed by atoms with Gasteiger partial charge in [0.15, 0.2) is 0 Å². The molecule has 0 aromatic heterocycles. The largest absolute Gasteiger partial charge is 0.359 e. The van der Waals surface area contributed by atoms with E-state index in [1.807, 2.05) is 6.92 Å². The van der Waals surface area contributed by atoms with Gasteiger partial charge < -0.3 is 5.32 Å². The summed E-state index contributed by atoms with van der Waals surface area (Å²) < 4.78 is 0. The molecule has 0 aliphatic carbocycles. The van der Waals surface area contributed by atoms with Crippen molar-refractivity contribution in [2.75, 3.05) is 12.8 Å². The predicted molar refractivity (Wildman–Crippen MR) is 46.0 cm³/mol. The molecule has 3 heteroatoms. The van der Waals surface area contributed by atoms with Gasteiger partial charge in [0.2, 0.25) is 5.91 Å². The molecule has 0 saturated heterocycles. The van der Waals surface area contributed by atoms with Gasteiger partial charge >= 0.3 is 0 Å². The van der Waals surface area contributed by atoms with Crippen LogP contribution in [0.4, 0.5) is 0 Å². The summed E-state index contributed by atoms with van der Waals surface area (Å²) in [6.45, 7) is 5.78. The van der Waals surface area contributed by atoms with Crippen molar-refractivity contribution in [3.05, 3.63) is 11.5 Å². The summed E-state index contributed by atoms with van der Waals surface area (Å²) in [5.74, 6) is 1.02. The van der Waals surface area contributed by atoms with Gasteiger partial charge in [-0.05, 0) is 10.7 Å². The molecule has 0 atom stereocenters. The van der Waals surface area contributed by atoms with E-state index in [0.29, 0.717) is 6.42 Å². The second-order valence-corrected chi connectivity index (χ2v) is 3.27. The molecule has 0 aliphatic heterocycles. The van der Waals surface area contributed by atoms with Crippen LogP contribution in [0.15, 0.2) is 11.5 Å². The first kappa shape index (κ1) is 9.56. The zero-order chi connectivity index (χ0) is 7.98. The van der Waals surface area contributed by atoms with Gasteiger partial charge in [0.1, 0.15) is 0 Å². The Morgan fingerprint density at radius 3 is 2.70 bits per heavy atom. The minimum absolute atomic E-state index is 0.0333. The van der Waals surface area contributed by atoms with Gasteiger partial charge in [0, 0.05) is 7.05 Å². The summed E-state index contributed by atoms with van der Waals surface area (Å²) in [5, 5.41) is 2.54. The van der Waals surface area contributed by atoms with Crippen molar-refractivity contribution in [2.24, 2.45) is 0 Å². The molecular weight excluding hydrogens is 146 g/mol. The lowest BCUT2D eigenvalue weighted by atomic mass is 10.4. The number of thioether (sulfide) groups is 1. The van der Waals surface area contributed by atoms with Crippen LogP contribution >= 0.6 is 11.8 Å². The number of amides is 1. The number of nitrogens with one attached hydrogen (secondary N) is 1. The van der Waals surface area contributed by atoms with E-state index < -0.39 is 0 Å².